The molecule has 0 unspecified atom stereocenters. The molecule has 0 saturated carbocycles. The lowest BCUT2D eigenvalue weighted by molar-refractivity contribution is 0.0620. The van der Waals surface area contributed by atoms with Crippen LogP contribution in [0.2, 0.25) is 0 Å². The van der Waals surface area contributed by atoms with E-state index in [0.717, 1.165) is 16.8 Å². The van der Waals surface area contributed by atoms with E-state index in [-0.39, 0.29) is 5.78 Å². The van der Waals surface area contributed by atoms with Gasteiger partial charge in [0.05, 0.1) is 12.0 Å². The molecule has 2 aromatic carbocycles. The molecule has 5 heteroatoms. The third-order valence-electron chi connectivity index (χ3n) is 4.58. The van der Waals surface area contributed by atoms with Gasteiger partial charge in [0.15, 0.2) is 11.4 Å². The normalized spacial score (nSPS) is 15.8. The van der Waals surface area contributed by atoms with E-state index in [0.29, 0.717) is 29.7 Å². The molecular weight excluding hydrogens is 328 g/mol. The summed E-state index contributed by atoms with van der Waals surface area (Å²) >= 11 is 0. The summed E-state index contributed by atoms with van der Waals surface area (Å²) in [6, 6.07) is 11.9. The van der Waals surface area contributed by atoms with Gasteiger partial charge < -0.3 is 14.5 Å². The quantitative estimate of drug-likeness (QED) is 0.681. The maximum absolute atomic E-state index is 12.4. The number of hydrogen-bond acceptors (Lipinski definition) is 5. The summed E-state index contributed by atoms with van der Waals surface area (Å²) in [5.41, 5.74) is 3.64. The van der Waals surface area contributed by atoms with Crippen molar-refractivity contribution in [2.45, 2.75) is 45.6 Å². The molecule has 4 rings (SSSR count). The zero-order valence-corrected chi connectivity index (χ0v) is 15.4. The molecule has 0 saturated heterocycles. The van der Waals surface area contributed by atoms with Crippen molar-refractivity contribution in [3.63, 3.8) is 0 Å². The largest absolute Gasteiger partial charge is 0.487 e. The first-order chi connectivity index (χ1) is 12.3. The van der Waals surface area contributed by atoms with Gasteiger partial charge >= 0.3 is 0 Å². The second-order valence-electron chi connectivity index (χ2n) is 7.70. The molecule has 0 radical (unpaired) electrons. The minimum absolute atomic E-state index is 0.0824. The fourth-order valence-electron chi connectivity index (χ4n) is 3.21. The van der Waals surface area contributed by atoms with E-state index in [1.54, 1.807) is 6.07 Å². The van der Waals surface area contributed by atoms with E-state index in [1.807, 2.05) is 38.1 Å². The molecule has 0 amide bonds. The Morgan fingerprint density at radius 2 is 1.96 bits per heavy atom. The van der Waals surface area contributed by atoms with Gasteiger partial charge in [-0.25, -0.2) is 0 Å². The van der Waals surface area contributed by atoms with Crippen molar-refractivity contribution >= 4 is 28.6 Å². The fourth-order valence-corrected chi connectivity index (χ4v) is 3.21. The van der Waals surface area contributed by atoms with Gasteiger partial charge in [-0.1, -0.05) is 19.9 Å². The van der Waals surface area contributed by atoms with Crippen LogP contribution < -0.4 is 10.1 Å². The number of ketones is 1. The van der Waals surface area contributed by atoms with Crippen LogP contribution in [0.25, 0.3) is 11.1 Å². The van der Waals surface area contributed by atoms with Gasteiger partial charge in [-0.3, -0.25) is 4.79 Å². The summed E-state index contributed by atoms with van der Waals surface area (Å²) < 4.78 is 11.7. The first-order valence-electron chi connectivity index (χ1n) is 8.84. The van der Waals surface area contributed by atoms with Crippen LogP contribution in [0.1, 0.15) is 56.0 Å². The number of carbonyl (C=O) groups excluding carboxylic acids is 1. The highest BCUT2D eigenvalue weighted by Gasteiger charge is 2.32. The number of fused-ring (bicyclic) bond motifs is 2. The van der Waals surface area contributed by atoms with Crippen LogP contribution in [0, 0.1) is 0 Å². The summed E-state index contributed by atoms with van der Waals surface area (Å²) in [4.78, 5) is 16.9. The number of nitrogens with one attached hydrogen (secondary N) is 1. The number of Topliss-reactive ketones (excluding diaryl/α,β-unsaturated/α-hetero) is 1. The van der Waals surface area contributed by atoms with Crippen molar-refractivity contribution in [2.24, 2.45) is 0 Å². The van der Waals surface area contributed by atoms with Gasteiger partial charge in [0.2, 0.25) is 0 Å². The van der Waals surface area contributed by atoms with Crippen LogP contribution >= 0.6 is 0 Å². The molecule has 5 nitrogen and oxygen atoms in total. The molecule has 0 spiro atoms. The molecule has 0 fully saturated rings. The van der Waals surface area contributed by atoms with Gasteiger partial charge in [-0.15, -0.1) is 0 Å². The third kappa shape index (κ3) is 3.05. The summed E-state index contributed by atoms with van der Waals surface area (Å²) in [6.07, 6.45) is 0.365. The van der Waals surface area contributed by atoms with E-state index in [4.69, 9.17) is 9.15 Å². The topological polar surface area (TPSA) is 64.4 Å². The number of benzene rings is 2. The van der Waals surface area contributed by atoms with Crippen molar-refractivity contribution in [1.82, 2.24) is 4.98 Å². The zero-order valence-electron chi connectivity index (χ0n) is 15.4. The van der Waals surface area contributed by atoms with E-state index < -0.39 is 5.60 Å². The molecule has 2 heterocycles. The Balaban J connectivity index is 1.63. The maximum atomic E-state index is 12.4. The van der Waals surface area contributed by atoms with Crippen molar-refractivity contribution in [1.29, 1.82) is 0 Å². The molecule has 1 N–H and O–H groups in total. The van der Waals surface area contributed by atoms with E-state index in [9.17, 15) is 4.79 Å². The second kappa shape index (κ2) is 5.87. The van der Waals surface area contributed by atoms with E-state index in [2.05, 4.69) is 30.2 Å². The van der Waals surface area contributed by atoms with Crippen LogP contribution in [0.5, 0.6) is 5.75 Å². The smallest absolute Gasteiger partial charge is 0.300 e. The van der Waals surface area contributed by atoms with E-state index >= 15 is 0 Å². The summed E-state index contributed by atoms with van der Waals surface area (Å²) in [7, 11) is 0. The Kier molecular flexibility index (Phi) is 3.75. The molecule has 3 aromatic rings. The lowest BCUT2D eigenvalue weighted by Crippen LogP contribution is -2.35. The predicted molar refractivity (Wildman–Crippen MR) is 101 cm³/mol. The maximum Gasteiger partial charge on any atom is 0.300 e. The highest BCUT2D eigenvalue weighted by molar-refractivity contribution is 6.01. The number of nitrogens with zero attached hydrogens (tertiary/aromatic N) is 1. The minimum atomic E-state index is -0.465. The average Bonchev–Trinajstić information content (AvgIpc) is 2.95. The van der Waals surface area contributed by atoms with Gasteiger partial charge in [-0.05, 0) is 55.7 Å². The highest BCUT2D eigenvalue weighted by atomic mass is 16.5. The Morgan fingerprint density at radius 1 is 1.15 bits per heavy atom. The third-order valence-corrected chi connectivity index (χ3v) is 4.58. The first-order valence-corrected chi connectivity index (χ1v) is 8.84. The highest BCUT2D eigenvalue weighted by Crippen LogP contribution is 2.35. The second-order valence-corrected chi connectivity index (χ2v) is 7.70. The number of anilines is 2. The van der Waals surface area contributed by atoms with Crippen molar-refractivity contribution in [3.8, 4) is 5.75 Å². The van der Waals surface area contributed by atoms with Gasteiger partial charge in [-0.2, -0.15) is 4.98 Å². The Morgan fingerprint density at radius 3 is 2.73 bits per heavy atom. The molecule has 1 aliphatic rings. The lowest BCUT2D eigenvalue weighted by atomic mass is 9.93. The minimum Gasteiger partial charge on any atom is -0.487 e. The van der Waals surface area contributed by atoms with Crippen LogP contribution in [0.4, 0.5) is 11.7 Å². The summed E-state index contributed by atoms with van der Waals surface area (Å²) in [5.74, 6) is 1.14. The summed E-state index contributed by atoms with van der Waals surface area (Å²) in [6.45, 7) is 8.13. The molecule has 0 atom stereocenters. The number of hydrogen-bond donors (Lipinski definition) is 1. The number of carbonyl (C=O) groups is 1. The fraction of sp³-hybridized carbons (Fsp3) is 0.333. The lowest BCUT2D eigenvalue weighted by Gasteiger charge is -2.31. The number of oxazole rings is 1. The van der Waals surface area contributed by atoms with Crippen molar-refractivity contribution < 1.29 is 13.9 Å². The molecule has 0 aliphatic carbocycles. The Bertz CT molecular complexity index is 1000. The van der Waals surface area contributed by atoms with E-state index in [1.165, 1.54) is 5.56 Å². The molecule has 0 bridgehead atoms. The van der Waals surface area contributed by atoms with Gasteiger partial charge in [0.25, 0.3) is 6.01 Å². The Hall–Kier alpha value is -2.82. The monoisotopic (exact) mass is 350 g/mol. The van der Waals surface area contributed by atoms with Gasteiger partial charge in [0.1, 0.15) is 16.9 Å². The standard InChI is InChI=1S/C21H22N2O3/c1-12(2)13-5-7-19-16(9-13)23-20(25-19)22-14-6-8-18-15(10-14)17(24)11-21(3,4)26-18/h5-10,12H,11H2,1-4H3,(H,22,23). The molecular formula is C21H22N2O3. The summed E-state index contributed by atoms with van der Waals surface area (Å²) in [5, 5.41) is 3.15. The van der Waals surface area contributed by atoms with Crippen molar-refractivity contribution in [3.05, 3.63) is 47.5 Å². The molecule has 26 heavy (non-hydrogen) atoms. The Labute approximate surface area is 152 Å². The first kappa shape index (κ1) is 16.6. The SMILES string of the molecule is CC(C)c1ccc2oc(Nc3ccc4c(c3)C(=O)CC(C)(C)O4)nc2c1. The number of ether oxygens (including phenoxy) is 1. The molecule has 1 aromatic heterocycles. The van der Waals surface area contributed by atoms with Crippen LogP contribution in [0.3, 0.4) is 0 Å². The predicted octanol–water partition coefficient (Wildman–Crippen LogP) is 5.44. The molecule has 134 valence electrons. The number of aromatic nitrogens is 1. The average molecular weight is 350 g/mol. The zero-order chi connectivity index (χ0) is 18.5. The van der Waals surface area contributed by atoms with Crippen LogP contribution in [-0.4, -0.2) is 16.4 Å². The van der Waals surface area contributed by atoms with Crippen LogP contribution in [0.15, 0.2) is 40.8 Å². The van der Waals surface area contributed by atoms with Crippen LogP contribution in [-0.2, 0) is 0 Å². The van der Waals surface area contributed by atoms with Gasteiger partial charge in [0, 0.05) is 5.69 Å². The number of rotatable bonds is 3. The molecule has 1 aliphatic heterocycles. The van der Waals surface area contributed by atoms with Crippen molar-refractivity contribution in [2.75, 3.05) is 5.32 Å².